The van der Waals surface area contributed by atoms with Crippen LogP contribution in [0.1, 0.15) is 30.1 Å². The summed E-state index contributed by atoms with van der Waals surface area (Å²) in [5.74, 6) is -0.0757. The van der Waals surface area contributed by atoms with Gasteiger partial charge in [-0.05, 0) is 31.0 Å². The van der Waals surface area contributed by atoms with E-state index in [2.05, 4.69) is 5.32 Å². The number of amides is 2. The molecular weight excluding hydrogens is 278 g/mol. The number of halogens is 1. The van der Waals surface area contributed by atoms with E-state index in [0.29, 0.717) is 29.4 Å². The summed E-state index contributed by atoms with van der Waals surface area (Å²) in [6, 6.07) is 5.08. The monoisotopic (exact) mass is 295 g/mol. The zero-order valence-corrected chi connectivity index (χ0v) is 12.1. The molecule has 1 aromatic carbocycles. The maximum atomic E-state index is 12.3. The molecule has 0 aromatic heterocycles. The molecule has 3 N–H and O–H groups in total. The molecule has 1 aliphatic rings. The zero-order valence-electron chi connectivity index (χ0n) is 11.4. The molecule has 0 unspecified atom stereocenters. The van der Waals surface area contributed by atoms with Crippen molar-refractivity contribution in [2.45, 2.75) is 25.8 Å². The van der Waals surface area contributed by atoms with Gasteiger partial charge in [-0.2, -0.15) is 0 Å². The third kappa shape index (κ3) is 3.42. The first kappa shape index (κ1) is 14.7. The number of benzene rings is 1. The van der Waals surface area contributed by atoms with Crippen molar-refractivity contribution in [3.63, 3.8) is 0 Å². The van der Waals surface area contributed by atoms with Crippen LogP contribution in [0, 0.1) is 0 Å². The number of hydrogen-bond donors (Lipinski definition) is 2. The van der Waals surface area contributed by atoms with Crippen molar-refractivity contribution in [1.29, 1.82) is 0 Å². The molecule has 2 rings (SSSR count). The Morgan fingerprint density at radius 2 is 2.00 bits per heavy atom. The minimum absolute atomic E-state index is 0.0277. The number of anilines is 1. The summed E-state index contributed by atoms with van der Waals surface area (Å²) in [5.41, 5.74) is 6.64. The molecule has 0 radical (unpaired) electrons. The molecule has 6 heteroatoms. The lowest BCUT2D eigenvalue weighted by Gasteiger charge is -2.32. The van der Waals surface area contributed by atoms with E-state index in [1.54, 1.807) is 23.1 Å². The van der Waals surface area contributed by atoms with Crippen LogP contribution in [-0.2, 0) is 4.79 Å². The lowest BCUT2D eigenvalue weighted by molar-refractivity contribution is -0.119. The van der Waals surface area contributed by atoms with Crippen LogP contribution >= 0.6 is 11.6 Å². The summed E-state index contributed by atoms with van der Waals surface area (Å²) in [6.45, 7) is 2.77. The fourth-order valence-electron chi connectivity index (χ4n) is 2.36. The SMILES string of the molecule is CC(=O)NC1CCN(C(=O)c2ccc(N)c(Cl)c2)CC1. The van der Waals surface area contributed by atoms with E-state index in [1.807, 2.05) is 0 Å². The van der Waals surface area contributed by atoms with Crippen LogP contribution in [0.15, 0.2) is 18.2 Å². The van der Waals surface area contributed by atoms with Gasteiger partial charge in [0.25, 0.3) is 5.91 Å². The van der Waals surface area contributed by atoms with Gasteiger partial charge < -0.3 is 16.0 Å². The van der Waals surface area contributed by atoms with Crippen LogP contribution in [0.2, 0.25) is 5.02 Å². The molecule has 0 bridgehead atoms. The van der Waals surface area contributed by atoms with Crippen LogP contribution in [0.25, 0.3) is 0 Å². The third-order valence-corrected chi connectivity index (χ3v) is 3.76. The standard InChI is InChI=1S/C14H18ClN3O2/c1-9(19)17-11-4-6-18(7-5-11)14(20)10-2-3-13(16)12(15)8-10/h2-3,8,11H,4-7,16H2,1H3,(H,17,19). The van der Waals surface area contributed by atoms with Gasteiger partial charge >= 0.3 is 0 Å². The molecule has 5 nitrogen and oxygen atoms in total. The van der Waals surface area contributed by atoms with Crippen LogP contribution < -0.4 is 11.1 Å². The molecule has 1 heterocycles. The van der Waals surface area contributed by atoms with Gasteiger partial charge in [-0.25, -0.2) is 0 Å². The maximum Gasteiger partial charge on any atom is 0.253 e. The average Bonchev–Trinajstić information content (AvgIpc) is 2.41. The average molecular weight is 296 g/mol. The van der Waals surface area contributed by atoms with Crippen molar-refractivity contribution in [2.24, 2.45) is 0 Å². The van der Waals surface area contributed by atoms with E-state index < -0.39 is 0 Å². The lowest BCUT2D eigenvalue weighted by atomic mass is 10.0. The molecular formula is C14H18ClN3O2. The number of rotatable bonds is 2. The molecule has 0 atom stereocenters. The predicted octanol–water partition coefficient (Wildman–Crippen LogP) is 1.66. The third-order valence-electron chi connectivity index (χ3n) is 3.44. The number of piperidine rings is 1. The van der Waals surface area contributed by atoms with Crippen molar-refractivity contribution in [3.05, 3.63) is 28.8 Å². The highest BCUT2D eigenvalue weighted by atomic mass is 35.5. The predicted molar refractivity (Wildman–Crippen MR) is 78.6 cm³/mol. The second-order valence-corrected chi connectivity index (χ2v) is 5.41. The Hall–Kier alpha value is -1.75. The van der Waals surface area contributed by atoms with E-state index in [-0.39, 0.29) is 17.9 Å². The van der Waals surface area contributed by atoms with Crippen molar-refractivity contribution in [3.8, 4) is 0 Å². The number of nitrogen functional groups attached to an aromatic ring is 1. The largest absolute Gasteiger partial charge is 0.398 e. The zero-order chi connectivity index (χ0) is 14.7. The van der Waals surface area contributed by atoms with Crippen LogP contribution in [0.5, 0.6) is 0 Å². The molecule has 20 heavy (non-hydrogen) atoms. The number of likely N-dealkylation sites (tertiary alicyclic amines) is 1. The van der Waals surface area contributed by atoms with E-state index >= 15 is 0 Å². The van der Waals surface area contributed by atoms with Crippen LogP contribution in [0.4, 0.5) is 5.69 Å². The number of carbonyl (C=O) groups excluding carboxylic acids is 2. The summed E-state index contributed by atoms with van der Waals surface area (Å²) in [7, 11) is 0. The van der Waals surface area contributed by atoms with Gasteiger partial charge in [0.15, 0.2) is 0 Å². The first-order chi connectivity index (χ1) is 9.47. The molecule has 1 aliphatic heterocycles. The minimum Gasteiger partial charge on any atom is -0.398 e. The Morgan fingerprint density at radius 3 is 2.55 bits per heavy atom. The lowest BCUT2D eigenvalue weighted by Crippen LogP contribution is -2.46. The topological polar surface area (TPSA) is 75.4 Å². The van der Waals surface area contributed by atoms with Crippen molar-refractivity contribution in [1.82, 2.24) is 10.2 Å². The van der Waals surface area contributed by atoms with E-state index in [1.165, 1.54) is 6.92 Å². The Bertz CT molecular complexity index is 525. The van der Waals surface area contributed by atoms with Crippen LogP contribution in [0.3, 0.4) is 0 Å². The summed E-state index contributed by atoms with van der Waals surface area (Å²) in [5, 5.41) is 3.28. The van der Waals surface area contributed by atoms with Gasteiger partial charge in [0.2, 0.25) is 5.91 Å². The summed E-state index contributed by atoms with van der Waals surface area (Å²) >= 11 is 5.93. The van der Waals surface area contributed by atoms with Gasteiger partial charge in [0.1, 0.15) is 0 Å². The maximum absolute atomic E-state index is 12.3. The Kier molecular flexibility index (Phi) is 4.49. The summed E-state index contributed by atoms with van der Waals surface area (Å²) in [6.07, 6.45) is 1.54. The second kappa shape index (κ2) is 6.13. The van der Waals surface area contributed by atoms with Crippen LogP contribution in [-0.4, -0.2) is 35.8 Å². The van der Waals surface area contributed by atoms with Gasteiger partial charge in [-0.1, -0.05) is 11.6 Å². The van der Waals surface area contributed by atoms with E-state index in [9.17, 15) is 9.59 Å². The fraction of sp³-hybridized carbons (Fsp3) is 0.429. The minimum atomic E-state index is -0.0480. The van der Waals surface area contributed by atoms with Gasteiger partial charge in [-0.15, -0.1) is 0 Å². The molecule has 108 valence electrons. The molecule has 0 saturated carbocycles. The smallest absolute Gasteiger partial charge is 0.253 e. The molecule has 2 amide bonds. The molecule has 1 saturated heterocycles. The highest BCUT2D eigenvalue weighted by Crippen LogP contribution is 2.21. The summed E-state index contributed by atoms with van der Waals surface area (Å²) < 4.78 is 0. The Labute approximate surface area is 123 Å². The number of nitrogens with one attached hydrogen (secondary N) is 1. The number of nitrogens with two attached hydrogens (primary N) is 1. The Balaban J connectivity index is 1.97. The van der Waals surface area contributed by atoms with Crippen molar-refractivity contribution < 1.29 is 9.59 Å². The number of nitrogens with zero attached hydrogens (tertiary/aromatic N) is 1. The van der Waals surface area contributed by atoms with Gasteiger partial charge in [0.05, 0.1) is 10.7 Å². The molecule has 1 fully saturated rings. The number of carbonyl (C=O) groups is 2. The first-order valence-electron chi connectivity index (χ1n) is 6.59. The second-order valence-electron chi connectivity index (χ2n) is 5.00. The molecule has 1 aromatic rings. The quantitative estimate of drug-likeness (QED) is 0.815. The van der Waals surface area contributed by atoms with E-state index in [0.717, 1.165) is 12.8 Å². The van der Waals surface area contributed by atoms with E-state index in [4.69, 9.17) is 17.3 Å². The highest BCUT2D eigenvalue weighted by molar-refractivity contribution is 6.33. The van der Waals surface area contributed by atoms with Gasteiger partial charge in [0, 0.05) is 31.6 Å². The molecule has 0 aliphatic carbocycles. The normalized spacial score (nSPS) is 16.0. The first-order valence-corrected chi connectivity index (χ1v) is 6.96. The van der Waals surface area contributed by atoms with Crippen molar-refractivity contribution >= 4 is 29.1 Å². The summed E-state index contributed by atoms with van der Waals surface area (Å²) in [4.78, 5) is 25.1. The van der Waals surface area contributed by atoms with Crippen molar-refractivity contribution in [2.75, 3.05) is 18.8 Å². The highest BCUT2D eigenvalue weighted by Gasteiger charge is 2.24. The fourth-order valence-corrected chi connectivity index (χ4v) is 2.54. The number of hydrogen-bond acceptors (Lipinski definition) is 3. The Morgan fingerprint density at radius 1 is 1.35 bits per heavy atom. The van der Waals surface area contributed by atoms with Gasteiger partial charge in [-0.3, -0.25) is 9.59 Å². The molecule has 0 spiro atoms.